The fourth-order valence-electron chi connectivity index (χ4n) is 3.98. The Morgan fingerprint density at radius 3 is 2.58 bits per heavy atom. The number of hydrogen-bond donors (Lipinski definition) is 0. The molecule has 1 aromatic heterocycles. The van der Waals surface area contributed by atoms with Crippen molar-refractivity contribution in [2.24, 2.45) is 7.05 Å². The van der Waals surface area contributed by atoms with Crippen molar-refractivity contribution < 1.29 is 19.1 Å². The molecule has 0 amide bonds. The maximum Gasteiger partial charge on any atom is 0.336 e. The number of ketones is 1. The van der Waals surface area contributed by atoms with Crippen LogP contribution in [0.4, 0.5) is 0 Å². The van der Waals surface area contributed by atoms with Crippen LogP contribution in [0, 0.1) is 6.92 Å². The Bertz CT molecular complexity index is 1460. The van der Waals surface area contributed by atoms with Crippen LogP contribution in [0.1, 0.15) is 27.0 Å². The SMILES string of the molecule is Cc1c(OC(=O)/C=C/c2ccccc2)ccc2c1O/C(=C/c1cn(C)c3ccccc13)C2=O. The molecule has 0 saturated carbocycles. The van der Waals surface area contributed by atoms with Crippen molar-refractivity contribution in [1.82, 2.24) is 4.57 Å². The highest BCUT2D eigenvalue weighted by molar-refractivity contribution is 6.15. The fourth-order valence-corrected chi connectivity index (χ4v) is 3.98. The lowest BCUT2D eigenvalue weighted by molar-refractivity contribution is -0.128. The van der Waals surface area contributed by atoms with Crippen LogP contribution in [0.25, 0.3) is 23.1 Å². The van der Waals surface area contributed by atoms with Crippen LogP contribution in [0.5, 0.6) is 11.5 Å². The summed E-state index contributed by atoms with van der Waals surface area (Å²) in [6, 6.07) is 20.8. The van der Waals surface area contributed by atoms with Gasteiger partial charge < -0.3 is 14.0 Å². The van der Waals surface area contributed by atoms with E-state index >= 15 is 0 Å². The molecular weight excluding hydrogens is 414 g/mol. The predicted octanol–water partition coefficient (Wildman–Crippen LogP) is 5.72. The number of ether oxygens (including phenoxy) is 2. The van der Waals surface area contributed by atoms with Gasteiger partial charge in [0, 0.05) is 41.4 Å². The number of rotatable bonds is 4. The third kappa shape index (κ3) is 3.85. The van der Waals surface area contributed by atoms with Crippen molar-refractivity contribution in [2.45, 2.75) is 6.92 Å². The van der Waals surface area contributed by atoms with Gasteiger partial charge in [-0.05, 0) is 42.8 Å². The zero-order valence-corrected chi connectivity index (χ0v) is 18.2. The van der Waals surface area contributed by atoms with Crippen molar-refractivity contribution in [3.63, 3.8) is 0 Å². The Labute approximate surface area is 191 Å². The van der Waals surface area contributed by atoms with Gasteiger partial charge in [0.25, 0.3) is 0 Å². The van der Waals surface area contributed by atoms with E-state index in [1.54, 1.807) is 31.2 Å². The number of Topliss-reactive ketones (excluding diaryl/α,β-unsaturated/α-hetero) is 1. The van der Waals surface area contributed by atoms with Gasteiger partial charge >= 0.3 is 5.97 Å². The first-order valence-corrected chi connectivity index (χ1v) is 10.6. The molecule has 5 nitrogen and oxygen atoms in total. The third-order valence-corrected chi connectivity index (χ3v) is 5.67. The van der Waals surface area contributed by atoms with E-state index in [9.17, 15) is 9.59 Å². The molecular formula is C28H21NO4. The summed E-state index contributed by atoms with van der Waals surface area (Å²) in [6.45, 7) is 1.77. The molecule has 5 rings (SSSR count). The molecule has 0 fully saturated rings. The van der Waals surface area contributed by atoms with Crippen molar-refractivity contribution in [3.05, 3.63) is 107 Å². The number of nitrogens with zero attached hydrogens (tertiary/aromatic N) is 1. The highest BCUT2D eigenvalue weighted by Gasteiger charge is 2.30. The number of fused-ring (bicyclic) bond motifs is 2. The van der Waals surface area contributed by atoms with Gasteiger partial charge in [0.2, 0.25) is 5.78 Å². The first-order chi connectivity index (χ1) is 16.0. The van der Waals surface area contributed by atoms with Crippen molar-refractivity contribution in [1.29, 1.82) is 0 Å². The molecule has 0 aliphatic carbocycles. The highest BCUT2D eigenvalue weighted by atomic mass is 16.5. The lowest BCUT2D eigenvalue weighted by Crippen LogP contribution is -2.05. The van der Waals surface area contributed by atoms with Crippen LogP contribution in [0.2, 0.25) is 0 Å². The van der Waals surface area contributed by atoms with E-state index in [1.807, 2.05) is 72.4 Å². The number of carbonyl (C=O) groups excluding carboxylic acids is 2. The molecule has 1 aliphatic heterocycles. The van der Waals surface area contributed by atoms with Crippen LogP contribution in [0.3, 0.4) is 0 Å². The zero-order chi connectivity index (χ0) is 22.9. The number of carbonyl (C=O) groups is 2. The summed E-state index contributed by atoms with van der Waals surface area (Å²) >= 11 is 0. The van der Waals surface area contributed by atoms with Gasteiger partial charge in [-0.15, -0.1) is 0 Å². The number of esters is 1. The molecule has 0 atom stereocenters. The van der Waals surface area contributed by atoms with E-state index < -0.39 is 5.97 Å². The molecule has 0 N–H and O–H groups in total. The summed E-state index contributed by atoms with van der Waals surface area (Å²) in [6.07, 6.45) is 6.80. The number of para-hydroxylation sites is 1. The van der Waals surface area contributed by atoms with Gasteiger partial charge in [-0.25, -0.2) is 4.79 Å². The Morgan fingerprint density at radius 2 is 1.76 bits per heavy atom. The topological polar surface area (TPSA) is 57.5 Å². The van der Waals surface area contributed by atoms with Gasteiger partial charge in [0.15, 0.2) is 5.76 Å². The average Bonchev–Trinajstić information content (AvgIpc) is 3.32. The van der Waals surface area contributed by atoms with Crippen LogP contribution >= 0.6 is 0 Å². The van der Waals surface area contributed by atoms with Crippen LogP contribution in [-0.4, -0.2) is 16.3 Å². The van der Waals surface area contributed by atoms with E-state index in [4.69, 9.17) is 9.47 Å². The summed E-state index contributed by atoms with van der Waals surface area (Å²) < 4.78 is 13.5. The van der Waals surface area contributed by atoms with E-state index in [0.717, 1.165) is 22.0 Å². The number of benzene rings is 3. The molecule has 0 bridgehead atoms. The second kappa shape index (κ2) is 8.28. The standard InChI is InChI=1S/C28H21NO4/c1-18-24(32-26(30)15-12-19-8-4-3-5-9-19)14-13-22-27(31)25(33-28(18)22)16-20-17-29(2)23-11-7-6-10-21(20)23/h3-17H,1-2H3/b15-12+,25-16+. The minimum Gasteiger partial charge on any atom is -0.452 e. The predicted molar refractivity (Wildman–Crippen MR) is 128 cm³/mol. The quantitative estimate of drug-likeness (QED) is 0.234. The molecule has 3 aromatic carbocycles. The lowest BCUT2D eigenvalue weighted by Gasteiger charge is -2.08. The highest BCUT2D eigenvalue weighted by Crippen LogP contribution is 2.39. The number of aromatic nitrogens is 1. The third-order valence-electron chi connectivity index (χ3n) is 5.67. The smallest absolute Gasteiger partial charge is 0.336 e. The summed E-state index contributed by atoms with van der Waals surface area (Å²) in [7, 11) is 1.97. The van der Waals surface area contributed by atoms with Gasteiger partial charge in [0.05, 0.1) is 5.56 Å². The maximum absolute atomic E-state index is 13.0. The molecule has 0 radical (unpaired) electrons. The van der Waals surface area contributed by atoms with Gasteiger partial charge in [0.1, 0.15) is 11.5 Å². The van der Waals surface area contributed by atoms with Gasteiger partial charge in [-0.3, -0.25) is 4.79 Å². The largest absolute Gasteiger partial charge is 0.452 e. The number of hydrogen-bond acceptors (Lipinski definition) is 4. The zero-order valence-electron chi connectivity index (χ0n) is 18.2. The molecule has 1 aliphatic rings. The van der Waals surface area contributed by atoms with Gasteiger partial charge in [-0.2, -0.15) is 0 Å². The van der Waals surface area contributed by atoms with Crippen molar-refractivity contribution >= 4 is 34.8 Å². The van der Waals surface area contributed by atoms with E-state index in [-0.39, 0.29) is 11.5 Å². The average molecular weight is 435 g/mol. The number of allylic oxidation sites excluding steroid dienone is 1. The Hall–Kier alpha value is -4.38. The molecule has 0 spiro atoms. The monoisotopic (exact) mass is 435 g/mol. The Morgan fingerprint density at radius 1 is 1.00 bits per heavy atom. The molecule has 162 valence electrons. The molecule has 5 heteroatoms. The Kier molecular flexibility index (Phi) is 5.15. The molecule has 0 saturated heterocycles. The summed E-state index contributed by atoms with van der Waals surface area (Å²) in [5.74, 6) is 0.331. The van der Waals surface area contributed by atoms with Gasteiger partial charge in [-0.1, -0.05) is 48.5 Å². The van der Waals surface area contributed by atoms with E-state index in [0.29, 0.717) is 22.6 Å². The van der Waals surface area contributed by atoms with Crippen LogP contribution in [-0.2, 0) is 11.8 Å². The van der Waals surface area contributed by atoms with Crippen molar-refractivity contribution in [3.8, 4) is 11.5 Å². The lowest BCUT2D eigenvalue weighted by atomic mass is 10.1. The van der Waals surface area contributed by atoms with E-state index in [1.165, 1.54) is 6.08 Å². The minimum atomic E-state index is -0.502. The van der Waals surface area contributed by atoms with E-state index in [2.05, 4.69) is 0 Å². The summed E-state index contributed by atoms with van der Waals surface area (Å²) in [5.41, 5.74) is 3.93. The normalized spacial score (nSPS) is 14.1. The van der Waals surface area contributed by atoms with Crippen LogP contribution < -0.4 is 9.47 Å². The first kappa shape index (κ1) is 20.5. The fraction of sp³-hybridized carbons (Fsp3) is 0.0714. The maximum atomic E-state index is 13.0. The molecule has 2 heterocycles. The van der Waals surface area contributed by atoms with Crippen LogP contribution in [0.15, 0.2) is 84.8 Å². The molecule has 0 unspecified atom stereocenters. The molecule has 4 aromatic rings. The second-order valence-electron chi connectivity index (χ2n) is 7.88. The second-order valence-corrected chi connectivity index (χ2v) is 7.88. The Balaban J connectivity index is 1.40. The van der Waals surface area contributed by atoms with Crippen molar-refractivity contribution in [2.75, 3.05) is 0 Å². The summed E-state index contributed by atoms with van der Waals surface area (Å²) in [5, 5.41) is 1.04. The molecule has 33 heavy (non-hydrogen) atoms. The summed E-state index contributed by atoms with van der Waals surface area (Å²) in [4.78, 5) is 25.3. The minimum absolute atomic E-state index is 0.192. The number of aryl methyl sites for hydroxylation is 1. The first-order valence-electron chi connectivity index (χ1n) is 10.6.